The summed E-state index contributed by atoms with van der Waals surface area (Å²) in [6.45, 7) is 0.696. The molecule has 3 atom stereocenters. The van der Waals surface area contributed by atoms with E-state index in [0.717, 1.165) is 0 Å². The topological polar surface area (TPSA) is 116 Å². The van der Waals surface area contributed by atoms with Crippen LogP contribution >= 0.6 is 0 Å². The van der Waals surface area contributed by atoms with Gasteiger partial charge in [-0.25, -0.2) is 0 Å². The van der Waals surface area contributed by atoms with Crippen molar-refractivity contribution in [2.45, 2.75) is 32.4 Å². The maximum atomic E-state index is 12.6. The quantitative estimate of drug-likeness (QED) is 0.234. The van der Waals surface area contributed by atoms with Crippen molar-refractivity contribution in [3.8, 4) is 0 Å². The Labute approximate surface area is 148 Å². The molecule has 1 unspecified atom stereocenters. The van der Waals surface area contributed by atoms with Crippen LogP contribution in [-0.2, 0) is 25.7 Å². The second kappa shape index (κ2) is 8.50. The first-order valence-electron chi connectivity index (χ1n) is 8.18. The van der Waals surface area contributed by atoms with E-state index >= 15 is 0 Å². The molecule has 1 aliphatic rings. The van der Waals surface area contributed by atoms with E-state index in [4.69, 9.17) is 4.74 Å². The van der Waals surface area contributed by atoms with E-state index in [1.165, 1.54) is 24.3 Å². The van der Waals surface area contributed by atoms with Crippen LogP contribution in [0.4, 0.5) is 10.1 Å². The summed E-state index contributed by atoms with van der Waals surface area (Å²) < 4.78 is 17.7. The van der Waals surface area contributed by atoms with Gasteiger partial charge in [-0.1, -0.05) is 6.92 Å². The smallest absolute Gasteiger partial charge is 0.318 e. The number of hydrogen-bond donors (Lipinski definition) is 1. The Morgan fingerprint density at radius 2 is 2.00 bits per heavy atom. The Kier molecular flexibility index (Phi) is 6.37. The van der Waals surface area contributed by atoms with Gasteiger partial charge in [-0.15, -0.1) is 0 Å². The summed E-state index contributed by atoms with van der Waals surface area (Å²) in [4.78, 5) is 46.2. The highest BCUT2D eigenvalue weighted by atomic mass is 19.1. The minimum Gasteiger partial charge on any atom is -0.460 e. The summed E-state index contributed by atoms with van der Waals surface area (Å²) in [5, 5.41) is 13.1. The first-order chi connectivity index (χ1) is 12.4. The molecule has 1 saturated heterocycles. The number of Topliss-reactive ketones (excluding diaryl/α,β-unsaturated/α-hetero) is 1. The third kappa shape index (κ3) is 4.22. The number of esters is 1. The SMILES string of the molecule is CCC(=O)C(C(=O)OCc1ccc([N+](=O)[O-])cc1)[C@@H]1NC(=O)[C@@H]1CCF. The standard InChI is InChI=1S/C17H19FN2O6/c1-2-13(21)14(15-12(7-8-18)16(22)19-15)17(23)26-9-10-3-5-11(6-4-10)20(24)25/h3-6,12,14-15H,2,7-9H2,1H3,(H,19,22)/t12-,14?,15-/m1/s1. The van der Waals surface area contributed by atoms with Crippen LogP contribution in [0, 0.1) is 22.0 Å². The van der Waals surface area contributed by atoms with E-state index < -0.39 is 41.2 Å². The Bertz CT molecular complexity index is 706. The van der Waals surface area contributed by atoms with E-state index in [0.29, 0.717) is 5.56 Å². The van der Waals surface area contributed by atoms with Crippen LogP contribution in [0.5, 0.6) is 0 Å². The number of carbonyl (C=O) groups is 3. The van der Waals surface area contributed by atoms with Crippen LogP contribution in [0.25, 0.3) is 0 Å². The van der Waals surface area contributed by atoms with Gasteiger partial charge in [-0.05, 0) is 24.1 Å². The molecule has 0 aromatic heterocycles. The van der Waals surface area contributed by atoms with Gasteiger partial charge in [-0.2, -0.15) is 0 Å². The van der Waals surface area contributed by atoms with Crippen molar-refractivity contribution >= 4 is 23.3 Å². The van der Waals surface area contributed by atoms with Crippen LogP contribution in [0.3, 0.4) is 0 Å². The second-order valence-corrected chi connectivity index (χ2v) is 5.95. The number of amides is 1. The third-order valence-electron chi connectivity index (χ3n) is 4.34. The number of rotatable bonds is 9. The third-order valence-corrected chi connectivity index (χ3v) is 4.34. The van der Waals surface area contributed by atoms with Gasteiger partial charge in [0.2, 0.25) is 5.91 Å². The van der Waals surface area contributed by atoms with E-state index in [1.807, 2.05) is 0 Å². The van der Waals surface area contributed by atoms with Gasteiger partial charge in [0.05, 0.1) is 23.6 Å². The summed E-state index contributed by atoms with van der Waals surface area (Å²) in [5.41, 5.74) is 0.426. The first-order valence-corrected chi connectivity index (χ1v) is 8.18. The highest BCUT2D eigenvalue weighted by Gasteiger charge is 2.49. The zero-order valence-electron chi connectivity index (χ0n) is 14.1. The number of nitrogens with one attached hydrogen (secondary N) is 1. The van der Waals surface area contributed by atoms with Crippen molar-refractivity contribution in [2.75, 3.05) is 6.67 Å². The van der Waals surface area contributed by atoms with E-state index in [1.54, 1.807) is 6.92 Å². The molecule has 1 fully saturated rings. The number of ether oxygens (including phenoxy) is 1. The summed E-state index contributed by atoms with van der Waals surface area (Å²) >= 11 is 0. The number of nitro groups is 1. The minimum atomic E-state index is -1.19. The van der Waals surface area contributed by atoms with E-state index in [2.05, 4.69) is 5.32 Å². The number of halogens is 1. The molecule has 1 amide bonds. The van der Waals surface area contributed by atoms with Crippen molar-refractivity contribution in [3.05, 3.63) is 39.9 Å². The van der Waals surface area contributed by atoms with Crippen LogP contribution < -0.4 is 5.32 Å². The lowest BCUT2D eigenvalue weighted by Crippen LogP contribution is -2.64. The van der Waals surface area contributed by atoms with Gasteiger partial charge in [-0.3, -0.25) is 28.9 Å². The van der Waals surface area contributed by atoms with E-state index in [-0.39, 0.29) is 31.0 Å². The fraction of sp³-hybridized carbons (Fsp3) is 0.471. The van der Waals surface area contributed by atoms with Gasteiger partial charge in [0.15, 0.2) is 0 Å². The largest absolute Gasteiger partial charge is 0.460 e. The number of β-lactam (4-membered cyclic amide) rings is 1. The maximum absolute atomic E-state index is 12.6. The Balaban J connectivity index is 2.04. The molecule has 2 rings (SSSR count). The highest BCUT2D eigenvalue weighted by Crippen LogP contribution is 2.28. The molecule has 0 bridgehead atoms. The lowest BCUT2D eigenvalue weighted by atomic mass is 9.77. The molecule has 0 aliphatic carbocycles. The van der Waals surface area contributed by atoms with Crippen molar-refractivity contribution in [2.24, 2.45) is 11.8 Å². The predicted molar refractivity (Wildman–Crippen MR) is 87.7 cm³/mol. The van der Waals surface area contributed by atoms with Crippen molar-refractivity contribution in [1.29, 1.82) is 0 Å². The zero-order valence-corrected chi connectivity index (χ0v) is 14.1. The molecule has 9 heteroatoms. The summed E-state index contributed by atoms with van der Waals surface area (Å²) in [5.74, 6) is -3.50. The summed E-state index contributed by atoms with van der Waals surface area (Å²) in [7, 11) is 0. The van der Waals surface area contributed by atoms with E-state index in [9.17, 15) is 28.9 Å². The number of nitro benzene ring substituents is 1. The molecular formula is C17H19FN2O6. The number of carbonyl (C=O) groups excluding carboxylic acids is 3. The highest BCUT2D eigenvalue weighted by molar-refractivity contribution is 6.02. The zero-order chi connectivity index (χ0) is 19.3. The molecular weight excluding hydrogens is 347 g/mol. The Morgan fingerprint density at radius 3 is 2.50 bits per heavy atom. The first kappa shape index (κ1) is 19.5. The number of alkyl halides is 1. The van der Waals surface area contributed by atoms with Gasteiger partial charge in [0.25, 0.3) is 5.69 Å². The second-order valence-electron chi connectivity index (χ2n) is 5.95. The molecule has 0 radical (unpaired) electrons. The van der Waals surface area contributed by atoms with Crippen LogP contribution in [-0.4, -0.2) is 35.3 Å². The molecule has 1 aromatic rings. The molecule has 1 aliphatic heterocycles. The fourth-order valence-electron chi connectivity index (χ4n) is 2.84. The number of non-ortho nitro benzene ring substituents is 1. The molecule has 1 heterocycles. The van der Waals surface area contributed by atoms with Crippen LogP contribution in [0.1, 0.15) is 25.3 Å². The molecule has 8 nitrogen and oxygen atoms in total. The molecule has 26 heavy (non-hydrogen) atoms. The number of nitrogens with zero attached hydrogens (tertiary/aromatic N) is 1. The Morgan fingerprint density at radius 1 is 1.35 bits per heavy atom. The lowest BCUT2D eigenvalue weighted by Gasteiger charge is -2.39. The molecule has 1 aromatic carbocycles. The summed E-state index contributed by atoms with van der Waals surface area (Å²) in [6.07, 6.45) is 0.0195. The average Bonchev–Trinajstić information content (AvgIpc) is 2.64. The van der Waals surface area contributed by atoms with Gasteiger partial charge < -0.3 is 10.1 Å². The number of ketones is 1. The summed E-state index contributed by atoms with van der Waals surface area (Å²) in [6, 6.07) is 4.68. The molecule has 0 saturated carbocycles. The van der Waals surface area contributed by atoms with Crippen molar-refractivity contribution < 1.29 is 28.4 Å². The van der Waals surface area contributed by atoms with Crippen LogP contribution in [0.15, 0.2) is 24.3 Å². The Hall–Kier alpha value is -2.84. The lowest BCUT2D eigenvalue weighted by molar-refractivity contribution is -0.384. The predicted octanol–water partition coefficient (Wildman–Crippen LogP) is 1.71. The van der Waals surface area contributed by atoms with Crippen molar-refractivity contribution in [3.63, 3.8) is 0 Å². The van der Waals surface area contributed by atoms with Crippen LogP contribution in [0.2, 0.25) is 0 Å². The maximum Gasteiger partial charge on any atom is 0.318 e. The van der Waals surface area contributed by atoms with Gasteiger partial charge in [0.1, 0.15) is 18.3 Å². The fourth-order valence-corrected chi connectivity index (χ4v) is 2.84. The van der Waals surface area contributed by atoms with Crippen molar-refractivity contribution in [1.82, 2.24) is 5.32 Å². The average molecular weight is 366 g/mol. The molecule has 1 N–H and O–H groups in total. The molecule has 0 spiro atoms. The molecule has 140 valence electrons. The number of benzene rings is 1. The monoisotopic (exact) mass is 366 g/mol. The van der Waals surface area contributed by atoms with Gasteiger partial charge in [0, 0.05) is 18.6 Å². The normalized spacial score (nSPS) is 19.8. The van der Waals surface area contributed by atoms with Gasteiger partial charge >= 0.3 is 5.97 Å². The minimum absolute atomic E-state index is 0.0559. The number of hydrogen-bond acceptors (Lipinski definition) is 6.